The molecule has 0 saturated carbocycles. The lowest BCUT2D eigenvalue weighted by molar-refractivity contribution is 0.0955. The zero-order valence-corrected chi connectivity index (χ0v) is 22.6. The van der Waals surface area contributed by atoms with Crippen molar-refractivity contribution >= 4 is 40.2 Å². The van der Waals surface area contributed by atoms with Crippen molar-refractivity contribution in [2.45, 2.75) is 4.90 Å². The van der Waals surface area contributed by atoms with E-state index in [2.05, 4.69) is 15.4 Å². The van der Waals surface area contributed by atoms with E-state index in [1.807, 2.05) is 60.7 Å². The summed E-state index contributed by atoms with van der Waals surface area (Å²) in [4.78, 5) is 12.9. The third-order valence-electron chi connectivity index (χ3n) is 5.67. The van der Waals surface area contributed by atoms with Crippen molar-refractivity contribution in [2.75, 3.05) is 37.3 Å². The van der Waals surface area contributed by atoms with Crippen molar-refractivity contribution < 1.29 is 18.8 Å². The van der Waals surface area contributed by atoms with E-state index < -0.39 is 11.4 Å². The summed E-state index contributed by atoms with van der Waals surface area (Å²) >= 11 is 4.57. The van der Waals surface area contributed by atoms with Gasteiger partial charge in [-0.25, -0.2) is 4.72 Å². The first-order valence-electron chi connectivity index (χ1n) is 11.9. The fraction of sp³-hybridized carbons (Fsp3) is 0.138. The van der Waals surface area contributed by atoms with Gasteiger partial charge >= 0.3 is 0 Å². The number of carbonyl (C=O) groups excluding carboxylic acids is 1. The minimum Gasteiger partial charge on any atom is -0.588 e. The van der Waals surface area contributed by atoms with Gasteiger partial charge in [-0.2, -0.15) is 0 Å². The highest BCUT2D eigenvalue weighted by atomic mass is 35.5. The zero-order chi connectivity index (χ0) is 26.9. The number of halogens is 1. The summed E-state index contributed by atoms with van der Waals surface area (Å²) in [6.07, 6.45) is 0. The normalized spacial score (nSPS) is 11.4. The summed E-state index contributed by atoms with van der Waals surface area (Å²) < 4.78 is 27.0. The number of methoxy groups -OCH3 is 2. The van der Waals surface area contributed by atoms with E-state index in [1.54, 1.807) is 44.6 Å². The highest BCUT2D eigenvalue weighted by Crippen LogP contribution is 2.32. The Morgan fingerprint density at radius 2 is 1.61 bits per heavy atom. The number of ether oxygens (including phenoxy) is 2. The topological polar surface area (TPSA) is 94.7 Å². The molecule has 0 spiro atoms. The Morgan fingerprint density at radius 3 is 2.39 bits per heavy atom. The molecule has 0 heterocycles. The molecule has 0 radical (unpaired) electrons. The molecular weight excluding hydrogens is 522 g/mol. The highest BCUT2D eigenvalue weighted by molar-refractivity contribution is 7.92. The average molecular weight is 550 g/mol. The monoisotopic (exact) mass is 549 g/mol. The van der Waals surface area contributed by atoms with Gasteiger partial charge in [-0.1, -0.05) is 41.9 Å². The maximum atomic E-state index is 13.3. The molecule has 0 aromatic heterocycles. The van der Waals surface area contributed by atoms with E-state index in [0.717, 1.165) is 16.8 Å². The van der Waals surface area contributed by atoms with Gasteiger partial charge in [-0.05, 0) is 65.7 Å². The van der Waals surface area contributed by atoms with Gasteiger partial charge in [0.05, 0.1) is 19.9 Å². The Kier molecular flexibility index (Phi) is 9.37. The number of rotatable bonds is 11. The number of amides is 1. The molecule has 3 N–H and O–H groups in total. The van der Waals surface area contributed by atoms with Gasteiger partial charge in [-0.15, -0.1) is 0 Å². The molecule has 4 rings (SSSR count). The van der Waals surface area contributed by atoms with Crippen molar-refractivity contribution in [3.8, 4) is 22.6 Å². The van der Waals surface area contributed by atoms with Crippen molar-refractivity contribution in [3.05, 3.63) is 102 Å². The maximum absolute atomic E-state index is 13.3. The Balaban J connectivity index is 1.37. The third kappa shape index (κ3) is 7.13. The van der Waals surface area contributed by atoms with Gasteiger partial charge < -0.3 is 24.7 Å². The van der Waals surface area contributed by atoms with Crippen LogP contribution >= 0.6 is 11.6 Å². The van der Waals surface area contributed by atoms with Crippen LogP contribution in [0.15, 0.2) is 95.9 Å². The summed E-state index contributed by atoms with van der Waals surface area (Å²) in [6.45, 7) is 0.935. The van der Waals surface area contributed by atoms with Crippen LogP contribution in [-0.4, -0.2) is 37.8 Å². The lowest BCUT2D eigenvalue weighted by Crippen LogP contribution is -2.28. The molecule has 196 valence electrons. The molecule has 0 aliphatic carbocycles. The third-order valence-corrected chi connectivity index (χ3v) is 7.04. The summed E-state index contributed by atoms with van der Waals surface area (Å²) in [5.74, 6) is 0.972. The van der Waals surface area contributed by atoms with Crippen LogP contribution in [0.3, 0.4) is 0 Å². The van der Waals surface area contributed by atoms with Crippen LogP contribution in [0.4, 0.5) is 11.4 Å². The number of hydrogen-bond acceptors (Lipinski definition) is 6. The van der Waals surface area contributed by atoms with Gasteiger partial charge in [0, 0.05) is 35.4 Å². The predicted octanol–water partition coefficient (Wildman–Crippen LogP) is 6.00. The molecule has 0 fully saturated rings. The fourth-order valence-corrected chi connectivity index (χ4v) is 4.98. The maximum Gasteiger partial charge on any atom is 0.251 e. The summed E-state index contributed by atoms with van der Waals surface area (Å²) in [5, 5.41) is 6.78. The zero-order valence-electron chi connectivity index (χ0n) is 21.0. The molecule has 0 saturated heterocycles. The van der Waals surface area contributed by atoms with Crippen molar-refractivity contribution in [1.82, 2.24) is 5.32 Å². The molecule has 4 aromatic rings. The Morgan fingerprint density at radius 1 is 0.842 bits per heavy atom. The van der Waals surface area contributed by atoms with E-state index in [1.165, 1.54) is 0 Å². The van der Waals surface area contributed by atoms with E-state index in [-0.39, 0.29) is 5.91 Å². The lowest BCUT2D eigenvalue weighted by atomic mass is 10.1. The number of nitrogens with one attached hydrogen (secondary N) is 3. The van der Waals surface area contributed by atoms with Crippen LogP contribution in [-0.2, 0) is 11.4 Å². The minimum absolute atomic E-state index is 0.175. The van der Waals surface area contributed by atoms with E-state index in [9.17, 15) is 9.35 Å². The Hall–Kier alpha value is -3.85. The van der Waals surface area contributed by atoms with Gasteiger partial charge in [0.25, 0.3) is 5.91 Å². The van der Waals surface area contributed by atoms with Crippen molar-refractivity contribution in [1.29, 1.82) is 0 Å². The molecule has 1 unspecified atom stereocenters. The summed E-state index contributed by atoms with van der Waals surface area (Å²) in [5.41, 5.74) is 3.83. The first-order chi connectivity index (χ1) is 18.5. The second-order valence-corrected chi connectivity index (χ2v) is 9.86. The Bertz CT molecular complexity index is 1400. The van der Waals surface area contributed by atoms with Gasteiger partial charge in [-0.3, -0.25) is 4.79 Å². The highest BCUT2D eigenvalue weighted by Gasteiger charge is 2.20. The first kappa shape index (κ1) is 27.2. The smallest absolute Gasteiger partial charge is 0.251 e. The molecule has 0 bridgehead atoms. The van der Waals surface area contributed by atoms with Gasteiger partial charge in [0.2, 0.25) is 4.90 Å². The number of anilines is 2. The van der Waals surface area contributed by atoms with Crippen LogP contribution in [0.5, 0.6) is 11.5 Å². The lowest BCUT2D eigenvalue weighted by Gasteiger charge is -2.16. The van der Waals surface area contributed by atoms with Crippen molar-refractivity contribution in [3.63, 3.8) is 0 Å². The number of carbonyl (C=O) groups is 1. The second-order valence-electron chi connectivity index (χ2n) is 8.24. The van der Waals surface area contributed by atoms with E-state index in [0.29, 0.717) is 45.8 Å². The largest absolute Gasteiger partial charge is 0.588 e. The van der Waals surface area contributed by atoms with Gasteiger partial charge in [0.15, 0.2) is 5.75 Å². The Labute approximate surface area is 230 Å². The van der Waals surface area contributed by atoms with Crippen LogP contribution in [0.1, 0.15) is 10.4 Å². The molecule has 7 nitrogen and oxygen atoms in total. The predicted molar refractivity (Wildman–Crippen MR) is 154 cm³/mol. The minimum atomic E-state index is -1.58. The SMILES string of the molecule is COc1cccc(C(=O)NCCNc2cccc(N[S+]([O-])c3cc(-c4cccc(Cl)c4)ccc3OC)c2)c1. The molecular formula is C29H28ClN3O4S. The molecule has 0 aliphatic heterocycles. The number of hydrogen-bond donors (Lipinski definition) is 3. The summed E-state index contributed by atoms with van der Waals surface area (Å²) in [7, 11) is 3.11. The molecule has 4 aromatic carbocycles. The average Bonchev–Trinajstić information content (AvgIpc) is 2.95. The molecule has 9 heteroatoms. The molecule has 1 atom stereocenters. The standard InChI is InChI=1S/C29H28ClN3O4S/c1-36-26-11-4-7-22(17-26)29(34)32-15-14-31-24-9-5-10-25(19-24)33-38(35)28-18-21(12-13-27(28)37-2)20-6-3-8-23(30)16-20/h3-13,16-19,31,33H,14-15H2,1-2H3,(H,32,34). The second kappa shape index (κ2) is 13.1. The summed E-state index contributed by atoms with van der Waals surface area (Å²) in [6, 6.07) is 27.5. The molecule has 38 heavy (non-hydrogen) atoms. The van der Waals surface area contributed by atoms with Crippen LogP contribution in [0.2, 0.25) is 5.02 Å². The van der Waals surface area contributed by atoms with E-state index in [4.69, 9.17) is 21.1 Å². The van der Waals surface area contributed by atoms with Crippen LogP contribution in [0.25, 0.3) is 11.1 Å². The van der Waals surface area contributed by atoms with Crippen LogP contribution in [0, 0.1) is 0 Å². The number of benzene rings is 4. The first-order valence-corrected chi connectivity index (χ1v) is 13.4. The van der Waals surface area contributed by atoms with E-state index >= 15 is 0 Å². The van der Waals surface area contributed by atoms with Crippen molar-refractivity contribution in [2.24, 2.45) is 0 Å². The fourth-order valence-electron chi connectivity index (χ4n) is 3.77. The quantitative estimate of drug-likeness (QED) is 0.157. The van der Waals surface area contributed by atoms with Crippen LogP contribution < -0.4 is 24.8 Å². The molecule has 0 aliphatic rings. The van der Waals surface area contributed by atoms with Gasteiger partial charge in [0.1, 0.15) is 17.1 Å². The molecule has 1 amide bonds.